The number of benzene rings is 1. The number of nitrogens with zero attached hydrogens (tertiary/aromatic N) is 1. The predicted molar refractivity (Wildman–Crippen MR) is 92.1 cm³/mol. The van der Waals surface area contributed by atoms with Crippen molar-refractivity contribution in [1.82, 2.24) is 10.6 Å². The standard InChI is InChI=1S/C18H27N3O2/c1-3-19-18(21-15-12-14-8-9-17(15)23-14)20-10-11-22-16-7-5-4-6-13(16)2/h4-7,14-15,17H,3,8-12H2,1-2H3,(H2,19,20,21). The van der Waals surface area contributed by atoms with Gasteiger partial charge in [-0.25, -0.2) is 4.99 Å². The second kappa shape index (κ2) is 7.68. The van der Waals surface area contributed by atoms with Crippen molar-refractivity contribution in [2.75, 3.05) is 19.7 Å². The Morgan fingerprint density at radius 2 is 2.22 bits per heavy atom. The van der Waals surface area contributed by atoms with Crippen LogP contribution >= 0.6 is 0 Å². The number of rotatable bonds is 6. The molecule has 2 aliphatic heterocycles. The van der Waals surface area contributed by atoms with Gasteiger partial charge in [-0.15, -0.1) is 0 Å². The molecule has 3 unspecified atom stereocenters. The molecule has 2 aliphatic rings. The van der Waals surface area contributed by atoms with Crippen LogP contribution in [-0.2, 0) is 4.74 Å². The van der Waals surface area contributed by atoms with Gasteiger partial charge < -0.3 is 20.1 Å². The SMILES string of the molecule is CCNC(=NCCOc1ccccc1C)NC1CC2CCC1O2. The van der Waals surface area contributed by atoms with Crippen LogP contribution < -0.4 is 15.4 Å². The van der Waals surface area contributed by atoms with Gasteiger partial charge in [-0.2, -0.15) is 0 Å². The molecule has 0 spiro atoms. The van der Waals surface area contributed by atoms with Crippen LogP contribution in [0.15, 0.2) is 29.3 Å². The molecule has 0 aromatic heterocycles. The number of guanidine groups is 1. The molecule has 0 aliphatic carbocycles. The van der Waals surface area contributed by atoms with E-state index in [4.69, 9.17) is 9.47 Å². The van der Waals surface area contributed by atoms with Crippen molar-refractivity contribution in [2.24, 2.45) is 4.99 Å². The number of hydrogen-bond donors (Lipinski definition) is 2. The molecule has 1 aromatic rings. The number of ether oxygens (including phenoxy) is 2. The zero-order valence-corrected chi connectivity index (χ0v) is 14.0. The van der Waals surface area contributed by atoms with E-state index >= 15 is 0 Å². The minimum atomic E-state index is 0.354. The summed E-state index contributed by atoms with van der Waals surface area (Å²) in [6, 6.07) is 8.45. The fraction of sp³-hybridized carbons (Fsp3) is 0.611. The van der Waals surface area contributed by atoms with Gasteiger partial charge in [0.25, 0.3) is 0 Å². The van der Waals surface area contributed by atoms with E-state index < -0.39 is 0 Å². The van der Waals surface area contributed by atoms with E-state index in [1.165, 1.54) is 6.42 Å². The third-order valence-corrected chi connectivity index (χ3v) is 4.48. The number of aryl methyl sites for hydroxylation is 1. The van der Waals surface area contributed by atoms with Gasteiger partial charge in [-0.05, 0) is 44.7 Å². The Kier molecular flexibility index (Phi) is 5.39. The molecule has 0 radical (unpaired) electrons. The quantitative estimate of drug-likeness (QED) is 0.480. The highest BCUT2D eigenvalue weighted by Gasteiger charge is 2.41. The summed E-state index contributed by atoms with van der Waals surface area (Å²) in [7, 11) is 0. The van der Waals surface area contributed by atoms with Gasteiger partial charge in [0.15, 0.2) is 5.96 Å². The van der Waals surface area contributed by atoms with Gasteiger partial charge in [-0.3, -0.25) is 0 Å². The molecular formula is C18H27N3O2. The lowest BCUT2D eigenvalue weighted by Gasteiger charge is -2.22. The Morgan fingerprint density at radius 1 is 1.35 bits per heavy atom. The average molecular weight is 317 g/mol. The lowest BCUT2D eigenvalue weighted by molar-refractivity contribution is 0.0992. The highest BCUT2D eigenvalue weighted by Crippen LogP contribution is 2.34. The van der Waals surface area contributed by atoms with Crippen molar-refractivity contribution in [3.8, 4) is 5.75 Å². The first-order chi connectivity index (χ1) is 11.3. The Balaban J connectivity index is 1.48. The van der Waals surface area contributed by atoms with Gasteiger partial charge in [0, 0.05) is 6.54 Å². The van der Waals surface area contributed by atoms with Gasteiger partial charge in [0.1, 0.15) is 12.4 Å². The van der Waals surface area contributed by atoms with Crippen molar-refractivity contribution in [3.05, 3.63) is 29.8 Å². The maximum atomic E-state index is 5.89. The smallest absolute Gasteiger partial charge is 0.191 e. The first-order valence-corrected chi connectivity index (χ1v) is 8.65. The lowest BCUT2D eigenvalue weighted by atomic mass is 9.96. The van der Waals surface area contributed by atoms with E-state index in [-0.39, 0.29) is 0 Å². The Labute approximate surface area is 138 Å². The van der Waals surface area contributed by atoms with E-state index in [9.17, 15) is 0 Å². The normalized spacial score (nSPS) is 26.3. The molecule has 2 bridgehead atoms. The highest BCUT2D eigenvalue weighted by atomic mass is 16.5. The van der Waals surface area contributed by atoms with E-state index in [0.717, 1.165) is 36.7 Å². The molecule has 0 amide bonds. The van der Waals surface area contributed by atoms with Crippen molar-refractivity contribution in [3.63, 3.8) is 0 Å². The molecule has 2 fully saturated rings. The molecule has 1 aromatic carbocycles. The zero-order chi connectivity index (χ0) is 16.1. The molecule has 126 valence electrons. The lowest BCUT2D eigenvalue weighted by Crippen LogP contribution is -2.47. The van der Waals surface area contributed by atoms with Crippen LogP contribution in [0, 0.1) is 6.92 Å². The third kappa shape index (κ3) is 4.16. The topological polar surface area (TPSA) is 54.9 Å². The third-order valence-electron chi connectivity index (χ3n) is 4.48. The highest BCUT2D eigenvalue weighted by molar-refractivity contribution is 5.80. The minimum Gasteiger partial charge on any atom is -0.491 e. The molecule has 2 heterocycles. The van der Waals surface area contributed by atoms with Crippen molar-refractivity contribution in [1.29, 1.82) is 0 Å². The Bertz CT molecular complexity index is 547. The van der Waals surface area contributed by atoms with E-state index in [2.05, 4.69) is 35.5 Å². The molecule has 5 heteroatoms. The first kappa shape index (κ1) is 16.1. The second-order valence-electron chi connectivity index (χ2n) is 6.24. The summed E-state index contributed by atoms with van der Waals surface area (Å²) in [6.45, 7) is 6.20. The van der Waals surface area contributed by atoms with Gasteiger partial charge in [0.2, 0.25) is 0 Å². The van der Waals surface area contributed by atoms with Gasteiger partial charge in [-0.1, -0.05) is 18.2 Å². The summed E-state index contributed by atoms with van der Waals surface area (Å²) in [5, 5.41) is 6.82. The molecule has 2 N–H and O–H groups in total. The van der Waals surface area contributed by atoms with Crippen molar-refractivity contribution < 1.29 is 9.47 Å². The number of fused-ring (bicyclic) bond motifs is 2. The molecular weight excluding hydrogens is 290 g/mol. The number of para-hydroxylation sites is 1. The van der Waals surface area contributed by atoms with Crippen LogP contribution in [0.25, 0.3) is 0 Å². The van der Waals surface area contributed by atoms with Crippen LogP contribution in [0.3, 0.4) is 0 Å². The summed E-state index contributed by atoms with van der Waals surface area (Å²) in [4.78, 5) is 4.62. The fourth-order valence-corrected chi connectivity index (χ4v) is 3.32. The van der Waals surface area contributed by atoms with E-state index in [0.29, 0.717) is 31.4 Å². The minimum absolute atomic E-state index is 0.354. The first-order valence-electron chi connectivity index (χ1n) is 8.65. The van der Waals surface area contributed by atoms with Crippen molar-refractivity contribution in [2.45, 2.75) is 51.4 Å². The maximum absolute atomic E-state index is 5.89. The van der Waals surface area contributed by atoms with Gasteiger partial charge in [0.05, 0.1) is 24.8 Å². The number of hydrogen-bond acceptors (Lipinski definition) is 3. The molecule has 2 saturated heterocycles. The van der Waals surface area contributed by atoms with Crippen LogP contribution in [-0.4, -0.2) is 43.9 Å². The zero-order valence-electron chi connectivity index (χ0n) is 14.0. The number of nitrogens with one attached hydrogen (secondary N) is 2. The average Bonchev–Trinajstić information content (AvgIpc) is 3.16. The molecule has 5 nitrogen and oxygen atoms in total. The predicted octanol–water partition coefficient (Wildman–Crippen LogP) is 2.25. The van der Waals surface area contributed by atoms with E-state index in [1.54, 1.807) is 0 Å². The van der Waals surface area contributed by atoms with Crippen LogP contribution in [0.4, 0.5) is 0 Å². The monoisotopic (exact) mass is 317 g/mol. The summed E-state index contributed by atoms with van der Waals surface area (Å²) < 4.78 is 11.7. The Hall–Kier alpha value is -1.75. The summed E-state index contributed by atoms with van der Waals surface area (Å²) in [5.74, 6) is 1.80. The van der Waals surface area contributed by atoms with E-state index in [1.807, 2.05) is 18.2 Å². The molecule has 3 atom stereocenters. The van der Waals surface area contributed by atoms with Crippen LogP contribution in [0.5, 0.6) is 5.75 Å². The summed E-state index contributed by atoms with van der Waals surface area (Å²) in [5.41, 5.74) is 1.15. The number of aliphatic imine (C=N–C) groups is 1. The van der Waals surface area contributed by atoms with Crippen LogP contribution in [0.2, 0.25) is 0 Å². The molecule has 3 rings (SSSR count). The Morgan fingerprint density at radius 3 is 2.91 bits per heavy atom. The molecule has 0 saturated carbocycles. The second-order valence-corrected chi connectivity index (χ2v) is 6.24. The van der Waals surface area contributed by atoms with Crippen LogP contribution in [0.1, 0.15) is 31.7 Å². The van der Waals surface area contributed by atoms with Crippen molar-refractivity contribution >= 4 is 5.96 Å². The maximum Gasteiger partial charge on any atom is 0.191 e. The largest absolute Gasteiger partial charge is 0.491 e. The summed E-state index contributed by atoms with van der Waals surface area (Å²) >= 11 is 0. The summed E-state index contributed by atoms with van der Waals surface area (Å²) in [6.07, 6.45) is 4.27. The molecule has 23 heavy (non-hydrogen) atoms. The van der Waals surface area contributed by atoms with Gasteiger partial charge >= 0.3 is 0 Å². The fourth-order valence-electron chi connectivity index (χ4n) is 3.32.